The van der Waals surface area contributed by atoms with Gasteiger partial charge in [0, 0.05) is 17.8 Å². The molecule has 0 fully saturated rings. The Morgan fingerprint density at radius 1 is 1.33 bits per heavy atom. The van der Waals surface area contributed by atoms with Crippen LogP contribution < -0.4 is 16.0 Å². The van der Waals surface area contributed by atoms with Gasteiger partial charge in [0.2, 0.25) is 0 Å². The molecule has 1 aromatic carbocycles. The van der Waals surface area contributed by atoms with Gasteiger partial charge in [-0.3, -0.25) is 0 Å². The maximum atomic E-state index is 5.58. The molecule has 0 unspecified atom stereocenters. The minimum absolute atomic E-state index is 0.583. The lowest BCUT2D eigenvalue weighted by Crippen LogP contribution is -2.09. The van der Waals surface area contributed by atoms with Crippen molar-refractivity contribution in [2.45, 2.75) is 13.3 Å². The molecule has 0 saturated heterocycles. The molecular formula is C13H16N4O. The Bertz CT molecular complexity index is 516. The van der Waals surface area contributed by atoms with Crippen molar-refractivity contribution in [2.24, 2.45) is 5.84 Å². The first-order valence-electron chi connectivity index (χ1n) is 5.86. The van der Waals surface area contributed by atoms with Crippen LogP contribution in [0.15, 0.2) is 36.5 Å². The van der Waals surface area contributed by atoms with Crippen molar-refractivity contribution in [3.05, 3.63) is 36.5 Å². The van der Waals surface area contributed by atoms with Gasteiger partial charge in [0.1, 0.15) is 11.6 Å². The molecular weight excluding hydrogens is 228 g/mol. The summed E-state index contributed by atoms with van der Waals surface area (Å²) in [5.74, 6) is 7.35. The van der Waals surface area contributed by atoms with E-state index in [9.17, 15) is 0 Å². The van der Waals surface area contributed by atoms with E-state index in [1.807, 2.05) is 24.3 Å². The fraction of sp³-hybridized carbons (Fsp3) is 0.231. The molecule has 2 rings (SSSR count). The van der Waals surface area contributed by atoms with Gasteiger partial charge in [-0.25, -0.2) is 15.8 Å². The second kappa shape index (κ2) is 5.97. The number of anilines is 1. The SMILES string of the molecule is CCCOc1cccc(-c2nccc(NN)n2)c1. The molecule has 5 nitrogen and oxygen atoms in total. The van der Waals surface area contributed by atoms with Crippen LogP contribution >= 0.6 is 0 Å². The highest BCUT2D eigenvalue weighted by Crippen LogP contribution is 2.21. The number of hydrazine groups is 1. The molecule has 0 amide bonds. The number of benzene rings is 1. The molecule has 18 heavy (non-hydrogen) atoms. The van der Waals surface area contributed by atoms with E-state index in [1.54, 1.807) is 12.3 Å². The summed E-state index contributed by atoms with van der Waals surface area (Å²) in [7, 11) is 0. The lowest BCUT2D eigenvalue weighted by Gasteiger charge is -2.07. The number of nitrogens with two attached hydrogens (primary N) is 1. The van der Waals surface area contributed by atoms with Crippen LogP contribution in [0.3, 0.4) is 0 Å². The highest BCUT2D eigenvalue weighted by Gasteiger charge is 2.03. The van der Waals surface area contributed by atoms with Crippen molar-refractivity contribution < 1.29 is 4.74 Å². The van der Waals surface area contributed by atoms with Crippen LogP contribution in [0.25, 0.3) is 11.4 Å². The first kappa shape index (κ1) is 12.3. The molecule has 0 spiro atoms. The summed E-state index contributed by atoms with van der Waals surface area (Å²) in [6.45, 7) is 2.78. The number of aromatic nitrogens is 2. The summed E-state index contributed by atoms with van der Waals surface area (Å²) in [4.78, 5) is 8.50. The summed E-state index contributed by atoms with van der Waals surface area (Å²) in [5, 5.41) is 0. The Balaban J connectivity index is 2.26. The molecule has 1 aromatic heterocycles. The first-order valence-corrected chi connectivity index (χ1v) is 5.86. The summed E-state index contributed by atoms with van der Waals surface area (Å²) >= 11 is 0. The predicted octanol–water partition coefficient (Wildman–Crippen LogP) is 2.22. The fourth-order valence-corrected chi connectivity index (χ4v) is 1.52. The van der Waals surface area contributed by atoms with E-state index in [-0.39, 0.29) is 0 Å². The van der Waals surface area contributed by atoms with Crippen LogP contribution in [0.2, 0.25) is 0 Å². The third-order valence-corrected chi connectivity index (χ3v) is 2.37. The van der Waals surface area contributed by atoms with E-state index >= 15 is 0 Å². The summed E-state index contributed by atoms with van der Waals surface area (Å²) in [6, 6.07) is 9.41. The standard InChI is InChI=1S/C13H16N4O/c1-2-8-18-11-5-3-4-10(9-11)13-15-7-6-12(16-13)17-14/h3-7,9H,2,8,14H2,1H3,(H,15,16,17). The minimum atomic E-state index is 0.583. The molecule has 94 valence electrons. The maximum absolute atomic E-state index is 5.58. The number of hydrogen-bond donors (Lipinski definition) is 2. The number of nitrogen functional groups attached to an aromatic ring is 1. The average molecular weight is 244 g/mol. The largest absolute Gasteiger partial charge is 0.494 e. The molecule has 0 aliphatic heterocycles. The number of hydrogen-bond acceptors (Lipinski definition) is 5. The van der Waals surface area contributed by atoms with Crippen molar-refractivity contribution in [1.29, 1.82) is 0 Å². The second-order valence-corrected chi connectivity index (χ2v) is 3.79. The molecule has 1 heterocycles. The molecule has 0 atom stereocenters. The molecule has 2 aromatic rings. The van der Waals surface area contributed by atoms with Crippen molar-refractivity contribution >= 4 is 5.82 Å². The zero-order valence-electron chi connectivity index (χ0n) is 10.3. The van der Waals surface area contributed by atoms with Crippen LogP contribution in [0.1, 0.15) is 13.3 Å². The topological polar surface area (TPSA) is 73.1 Å². The average Bonchev–Trinajstić information content (AvgIpc) is 2.45. The Morgan fingerprint density at radius 3 is 3.00 bits per heavy atom. The van der Waals surface area contributed by atoms with E-state index in [1.165, 1.54) is 0 Å². The number of nitrogens with zero attached hydrogens (tertiary/aromatic N) is 2. The second-order valence-electron chi connectivity index (χ2n) is 3.79. The van der Waals surface area contributed by atoms with Crippen LogP contribution in [0.5, 0.6) is 5.75 Å². The van der Waals surface area contributed by atoms with Crippen molar-refractivity contribution in [3.8, 4) is 17.1 Å². The van der Waals surface area contributed by atoms with Gasteiger partial charge in [-0.05, 0) is 18.6 Å². The molecule has 0 radical (unpaired) electrons. The van der Waals surface area contributed by atoms with E-state index in [0.717, 1.165) is 17.7 Å². The van der Waals surface area contributed by atoms with Crippen LogP contribution in [0.4, 0.5) is 5.82 Å². The summed E-state index contributed by atoms with van der Waals surface area (Å²) < 4.78 is 5.58. The fourth-order valence-electron chi connectivity index (χ4n) is 1.52. The summed E-state index contributed by atoms with van der Waals surface area (Å²) in [6.07, 6.45) is 2.64. The van der Waals surface area contributed by atoms with Crippen LogP contribution in [0, 0.1) is 0 Å². The van der Waals surface area contributed by atoms with Gasteiger partial charge in [0.15, 0.2) is 5.82 Å². The van der Waals surface area contributed by atoms with Gasteiger partial charge in [0.25, 0.3) is 0 Å². The normalized spacial score (nSPS) is 10.1. The highest BCUT2D eigenvalue weighted by atomic mass is 16.5. The van der Waals surface area contributed by atoms with Crippen molar-refractivity contribution in [2.75, 3.05) is 12.0 Å². The monoisotopic (exact) mass is 244 g/mol. The van der Waals surface area contributed by atoms with E-state index in [0.29, 0.717) is 18.2 Å². The number of nitrogens with one attached hydrogen (secondary N) is 1. The van der Waals surface area contributed by atoms with Crippen molar-refractivity contribution in [3.63, 3.8) is 0 Å². The van der Waals surface area contributed by atoms with Gasteiger partial charge >= 0.3 is 0 Å². The Hall–Kier alpha value is -2.14. The van der Waals surface area contributed by atoms with Gasteiger partial charge in [-0.15, -0.1) is 0 Å². The molecule has 0 bridgehead atoms. The third kappa shape index (κ3) is 2.95. The zero-order chi connectivity index (χ0) is 12.8. The van der Waals surface area contributed by atoms with Crippen LogP contribution in [-0.4, -0.2) is 16.6 Å². The zero-order valence-corrected chi connectivity index (χ0v) is 10.3. The molecule has 5 heteroatoms. The Kier molecular flexibility index (Phi) is 4.09. The van der Waals surface area contributed by atoms with Gasteiger partial charge in [-0.2, -0.15) is 0 Å². The maximum Gasteiger partial charge on any atom is 0.161 e. The molecule has 0 aliphatic rings. The highest BCUT2D eigenvalue weighted by molar-refractivity contribution is 5.58. The molecule has 3 N–H and O–H groups in total. The minimum Gasteiger partial charge on any atom is -0.494 e. The van der Waals surface area contributed by atoms with Gasteiger partial charge in [-0.1, -0.05) is 19.1 Å². The summed E-state index contributed by atoms with van der Waals surface area (Å²) in [5.41, 5.74) is 3.41. The Labute approximate surface area is 106 Å². The lowest BCUT2D eigenvalue weighted by molar-refractivity contribution is 0.317. The van der Waals surface area contributed by atoms with Crippen LogP contribution in [-0.2, 0) is 0 Å². The molecule has 0 aliphatic carbocycles. The smallest absolute Gasteiger partial charge is 0.161 e. The lowest BCUT2D eigenvalue weighted by atomic mass is 10.2. The van der Waals surface area contributed by atoms with Gasteiger partial charge < -0.3 is 10.2 Å². The number of rotatable bonds is 5. The van der Waals surface area contributed by atoms with E-state index in [4.69, 9.17) is 10.6 Å². The quantitative estimate of drug-likeness (QED) is 0.623. The first-order chi connectivity index (χ1) is 8.83. The number of ether oxygens (including phenoxy) is 1. The third-order valence-electron chi connectivity index (χ3n) is 2.37. The predicted molar refractivity (Wildman–Crippen MR) is 71.1 cm³/mol. The van der Waals surface area contributed by atoms with Crippen molar-refractivity contribution in [1.82, 2.24) is 9.97 Å². The molecule has 0 saturated carbocycles. The van der Waals surface area contributed by atoms with E-state index < -0.39 is 0 Å². The Morgan fingerprint density at radius 2 is 2.22 bits per heavy atom. The van der Waals surface area contributed by atoms with Gasteiger partial charge in [0.05, 0.1) is 6.61 Å². The van der Waals surface area contributed by atoms with E-state index in [2.05, 4.69) is 22.3 Å².